The highest BCUT2D eigenvalue weighted by molar-refractivity contribution is 5.78. The molecule has 0 spiro atoms. The molecule has 1 N–H and O–H groups in total. The fourth-order valence-electron chi connectivity index (χ4n) is 1.21. The molecule has 0 aromatic carbocycles. The second-order valence-electron chi connectivity index (χ2n) is 5.61. The highest BCUT2D eigenvalue weighted by Gasteiger charge is 2.18. The average Bonchev–Trinajstić information content (AvgIpc) is 1.96. The Hall–Kier alpha value is -0.530. The van der Waals surface area contributed by atoms with Gasteiger partial charge in [0.25, 0.3) is 0 Å². The number of carbonyl (C=O) groups is 1. The highest BCUT2D eigenvalue weighted by Crippen LogP contribution is 2.13. The van der Waals surface area contributed by atoms with E-state index in [0.717, 1.165) is 12.8 Å². The smallest absolute Gasteiger partial charge is 0.223 e. The van der Waals surface area contributed by atoms with Gasteiger partial charge in [0.05, 0.1) is 0 Å². The molecule has 0 unspecified atom stereocenters. The standard InChI is InChI=1S/C12H25NO/c1-9(2)7-8-10(3)11(14)13-12(4,5)6/h9-10H,7-8H2,1-6H3,(H,13,14)/t10-/m1/s1. The minimum atomic E-state index is -0.108. The van der Waals surface area contributed by atoms with Crippen LogP contribution in [0.5, 0.6) is 0 Å². The minimum absolute atomic E-state index is 0.108. The summed E-state index contributed by atoms with van der Waals surface area (Å²) in [6.45, 7) is 12.4. The molecule has 2 nitrogen and oxygen atoms in total. The molecule has 1 amide bonds. The van der Waals surface area contributed by atoms with E-state index in [-0.39, 0.29) is 17.4 Å². The van der Waals surface area contributed by atoms with Crippen LogP contribution in [-0.4, -0.2) is 11.4 Å². The lowest BCUT2D eigenvalue weighted by atomic mass is 9.97. The van der Waals surface area contributed by atoms with Crippen LogP contribution in [0.15, 0.2) is 0 Å². The Kier molecular flexibility index (Phi) is 5.17. The summed E-state index contributed by atoms with van der Waals surface area (Å²) in [6.07, 6.45) is 2.11. The van der Waals surface area contributed by atoms with Crippen LogP contribution in [-0.2, 0) is 4.79 Å². The van der Waals surface area contributed by atoms with Gasteiger partial charge in [0.2, 0.25) is 5.91 Å². The van der Waals surface area contributed by atoms with Gasteiger partial charge in [-0.3, -0.25) is 4.79 Å². The first kappa shape index (κ1) is 13.5. The summed E-state index contributed by atoms with van der Waals surface area (Å²) < 4.78 is 0. The van der Waals surface area contributed by atoms with E-state index in [1.54, 1.807) is 0 Å². The van der Waals surface area contributed by atoms with E-state index < -0.39 is 0 Å². The van der Waals surface area contributed by atoms with Gasteiger partial charge in [-0.2, -0.15) is 0 Å². The lowest BCUT2D eigenvalue weighted by Crippen LogP contribution is -2.43. The van der Waals surface area contributed by atoms with Crippen molar-refractivity contribution in [2.45, 2.75) is 59.9 Å². The van der Waals surface area contributed by atoms with E-state index >= 15 is 0 Å². The normalized spacial score (nSPS) is 14.2. The molecule has 0 radical (unpaired) electrons. The molecule has 1 atom stereocenters. The molecule has 0 aliphatic carbocycles. The SMILES string of the molecule is CC(C)CC[C@@H](C)C(=O)NC(C)(C)C. The monoisotopic (exact) mass is 199 g/mol. The molecule has 0 aromatic heterocycles. The summed E-state index contributed by atoms with van der Waals surface area (Å²) in [5.41, 5.74) is -0.108. The number of carbonyl (C=O) groups excluding carboxylic acids is 1. The summed E-state index contributed by atoms with van der Waals surface area (Å²) in [5, 5.41) is 3.00. The molecule has 0 aliphatic rings. The van der Waals surface area contributed by atoms with E-state index in [2.05, 4.69) is 19.2 Å². The summed E-state index contributed by atoms with van der Waals surface area (Å²) in [6, 6.07) is 0. The van der Waals surface area contributed by atoms with Crippen molar-refractivity contribution in [2.24, 2.45) is 11.8 Å². The number of rotatable bonds is 4. The molecule has 84 valence electrons. The molecule has 0 fully saturated rings. The van der Waals surface area contributed by atoms with Crippen LogP contribution in [0, 0.1) is 11.8 Å². The van der Waals surface area contributed by atoms with Gasteiger partial charge in [0.15, 0.2) is 0 Å². The van der Waals surface area contributed by atoms with E-state index in [0.29, 0.717) is 5.92 Å². The zero-order valence-corrected chi connectivity index (χ0v) is 10.5. The number of nitrogens with one attached hydrogen (secondary N) is 1. The zero-order valence-electron chi connectivity index (χ0n) is 10.5. The van der Waals surface area contributed by atoms with E-state index in [9.17, 15) is 4.79 Å². The van der Waals surface area contributed by atoms with Crippen LogP contribution in [0.1, 0.15) is 54.4 Å². The largest absolute Gasteiger partial charge is 0.351 e. The van der Waals surface area contributed by atoms with Gasteiger partial charge in [-0.25, -0.2) is 0 Å². The molecular weight excluding hydrogens is 174 g/mol. The zero-order chi connectivity index (χ0) is 11.4. The Morgan fingerprint density at radius 3 is 2.00 bits per heavy atom. The summed E-state index contributed by atoms with van der Waals surface area (Å²) in [7, 11) is 0. The first-order valence-electron chi connectivity index (χ1n) is 5.54. The minimum Gasteiger partial charge on any atom is -0.351 e. The van der Waals surface area contributed by atoms with Gasteiger partial charge in [-0.1, -0.05) is 27.2 Å². The molecule has 2 heteroatoms. The number of hydrogen-bond acceptors (Lipinski definition) is 1. The third-order valence-corrected chi connectivity index (χ3v) is 2.12. The molecule has 0 aromatic rings. The molecule has 0 bridgehead atoms. The quantitative estimate of drug-likeness (QED) is 0.741. The van der Waals surface area contributed by atoms with Gasteiger partial charge in [0.1, 0.15) is 0 Å². The van der Waals surface area contributed by atoms with Gasteiger partial charge in [0, 0.05) is 11.5 Å². The van der Waals surface area contributed by atoms with Crippen molar-refractivity contribution in [1.29, 1.82) is 0 Å². The second kappa shape index (κ2) is 5.38. The Labute approximate surface area is 88.5 Å². The first-order valence-corrected chi connectivity index (χ1v) is 5.54. The van der Waals surface area contributed by atoms with Crippen LogP contribution in [0.2, 0.25) is 0 Å². The maximum Gasteiger partial charge on any atom is 0.223 e. The molecular formula is C12H25NO. The molecule has 0 saturated heterocycles. The Morgan fingerprint density at radius 1 is 1.14 bits per heavy atom. The maximum atomic E-state index is 11.7. The molecule has 0 aliphatic heterocycles. The van der Waals surface area contributed by atoms with Crippen molar-refractivity contribution in [1.82, 2.24) is 5.32 Å². The topological polar surface area (TPSA) is 29.1 Å². The van der Waals surface area contributed by atoms with Gasteiger partial charge < -0.3 is 5.32 Å². The van der Waals surface area contributed by atoms with Gasteiger partial charge in [-0.15, -0.1) is 0 Å². The molecule has 0 heterocycles. The van der Waals surface area contributed by atoms with Crippen LogP contribution in [0.25, 0.3) is 0 Å². The predicted octanol–water partition coefficient (Wildman–Crippen LogP) is 2.97. The van der Waals surface area contributed by atoms with Gasteiger partial charge >= 0.3 is 0 Å². The van der Waals surface area contributed by atoms with Crippen molar-refractivity contribution in [3.63, 3.8) is 0 Å². The molecule has 0 rings (SSSR count). The lowest BCUT2D eigenvalue weighted by Gasteiger charge is -2.23. The highest BCUT2D eigenvalue weighted by atomic mass is 16.2. The first-order chi connectivity index (χ1) is 6.22. The summed E-state index contributed by atoms with van der Waals surface area (Å²) >= 11 is 0. The Bertz CT molecular complexity index is 179. The van der Waals surface area contributed by atoms with Crippen LogP contribution in [0.4, 0.5) is 0 Å². The summed E-state index contributed by atoms with van der Waals surface area (Å²) in [4.78, 5) is 11.7. The fraction of sp³-hybridized carbons (Fsp3) is 0.917. The lowest BCUT2D eigenvalue weighted by molar-refractivity contribution is -0.126. The van der Waals surface area contributed by atoms with Crippen molar-refractivity contribution in [3.05, 3.63) is 0 Å². The number of hydrogen-bond donors (Lipinski definition) is 1. The maximum absolute atomic E-state index is 11.7. The van der Waals surface area contributed by atoms with Gasteiger partial charge in [-0.05, 0) is 33.1 Å². The Morgan fingerprint density at radius 2 is 1.64 bits per heavy atom. The van der Waals surface area contributed by atoms with Crippen molar-refractivity contribution in [3.8, 4) is 0 Å². The average molecular weight is 199 g/mol. The molecule has 14 heavy (non-hydrogen) atoms. The van der Waals surface area contributed by atoms with Crippen molar-refractivity contribution in [2.75, 3.05) is 0 Å². The predicted molar refractivity (Wildman–Crippen MR) is 61.1 cm³/mol. The van der Waals surface area contributed by atoms with Crippen LogP contribution >= 0.6 is 0 Å². The van der Waals surface area contributed by atoms with E-state index in [1.807, 2.05) is 27.7 Å². The Balaban J connectivity index is 3.88. The third kappa shape index (κ3) is 6.93. The van der Waals surface area contributed by atoms with Crippen molar-refractivity contribution >= 4 is 5.91 Å². The number of amides is 1. The van der Waals surface area contributed by atoms with E-state index in [1.165, 1.54) is 0 Å². The van der Waals surface area contributed by atoms with E-state index in [4.69, 9.17) is 0 Å². The van der Waals surface area contributed by atoms with Crippen LogP contribution < -0.4 is 5.32 Å². The fourth-order valence-corrected chi connectivity index (χ4v) is 1.21. The third-order valence-electron chi connectivity index (χ3n) is 2.12. The van der Waals surface area contributed by atoms with Crippen molar-refractivity contribution < 1.29 is 4.79 Å². The summed E-state index contributed by atoms with van der Waals surface area (Å²) in [5.74, 6) is 0.995. The van der Waals surface area contributed by atoms with Crippen LogP contribution in [0.3, 0.4) is 0 Å². The second-order valence-corrected chi connectivity index (χ2v) is 5.61. The molecule has 0 saturated carbocycles.